The highest BCUT2D eigenvalue weighted by molar-refractivity contribution is 4.85. The topological polar surface area (TPSA) is 32.5 Å². The molecular formula is C12H25N3. The molecule has 2 aliphatic rings. The van der Waals surface area contributed by atoms with Crippen molar-refractivity contribution in [2.45, 2.75) is 44.2 Å². The molecule has 0 aromatic carbocycles. The van der Waals surface area contributed by atoms with Crippen LogP contribution in [0, 0.1) is 0 Å². The van der Waals surface area contributed by atoms with Gasteiger partial charge >= 0.3 is 0 Å². The molecule has 0 amide bonds. The molecule has 0 aromatic rings. The van der Waals surface area contributed by atoms with Gasteiger partial charge in [0.2, 0.25) is 0 Å². The fourth-order valence-corrected chi connectivity index (χ4v) is 3.00. The summed E-state index contributed by atoms with van der Waals surface area (Å²) in [6.45, 7) is 4.44. The third kappa shape index (κ3) is 2.71. The van der Waals surface area contributed by atoms with Gasteiger partial charge in [-0.05, 0) is 19.9 Å². The molecule has 0 radical (unpaired) electrons. The van der Waals surface area contributed by atoms with Gasteiger partial charge in [-0.25, -0.2) is 0 Å². The van der Waals surface area contributed by atoms with Crippen molar-refractivity contribution in [3.05, 3.63) is 0 Å². The number of piperazine rings is 1. The van der Waals surface area contributed by atoms with Gasteiger partial charge in [0.05, 0.1) is 0 Å². The Bertz CT molecular complexity index is 189. The van der Waals surface area contributed by atoms with Crippen LogP contribution in [0.1, 0.15) is 32.1 Å². The molecule has 3 nitrogen and oxygen atoms in total. The first-order valence-electron chi connectivity index (χ1n) is 6.45. The Morgan fingerprint density at radius 3 is 2.53 bits per heavy atom. The predicted molar refractivity (Wildman–Crippen MR) is 63.9 cm³/mol. The molecule has 1 unspecified atom stereocenters. The maximum Gasteiger partial charge on any atom is 0.0343 e. The molecule has 3 heteroatoms. The fourth-order valence-electron chi connectivity index (χ4n) is 3.00. The number of likely N-dealkylation sites (N-methyl/N-ethyl adjacent to an activating group) is 1. The van der Waals surface area contributed by atoms with Crippen LogP contribution in [0.3, 0.4) is 0 Å². The van der Waals surface area contributed by atoms with Gasteiger partial charge in [0, 0.05) is 38.3 Å². The van der Waals surface area contributed by atoms with Crippen molar-refractivity contribution in [1.82, 2.24) is 9.80 Å². The predicted octanol–water partition coefficient (Wildman–Crippen LogP) is 0.894. The van der Waals surface area contributed by atoms with Gasteiger partial charge in [0.25, 0.3) is 0 Å². The van der Waals surface area contributed by atoms with Crippen molar-refractivity contribution in [2.24, 2.45) is 5.73 Å². The Kier molecular flexibility index (Phi) is 4.00. The summed E-state index contributed by atoms with van der Waals surface area (Å²) >= 11 is 0. The zero-order chi connectivity index (χ0) is 10.7. The van der Waals surface area contributed by atoms with Crippen LogP contribution in [0.25, 0.3) is 0 Å². The number of nitrogens with zero attached hydrogens (tertiary/aromatic N) is 2. The Morgan fingerprint density at radius 2 is 1.87 bits per heavy atom. The molecule has 1 saturated carbocycles. The summed E-state index contributed by atoms with van der Waals surface area (Å²) in [7, 11) is 2.20. The molecule has 2 N–H and O–H groups in total. The van der Waals surface area contributed by atoms with E-state index in [-0.39, 0.29) is 0 Å². The van der Waals surface area contributed by atoms with Crippen LogP contribution in [0.4, 0.5) is 0 Å². The number of rotatable bonds is 2. The second-order valence-corrected chi connectivity index (χ2v) is 5.16. The summed E-state index contributed by atoms with van der Waals surface area (Å²) < 4.78 is 0. The highest BCUT2D eigenvalue weighted by atomic mass is 15.3. The fraction of sp³-hybridized carbons (Fsp3) is 1.00. The SMILES string of the molecule is CN1CCN(C2CCCCC2)CC1CN. The summed E-state index contributed by atoms with van der Waals surface area (Å²) in [5.41, 5.74) is 5.82. The van der Waals surface area contributed by atoms with Crippen molar-refractivity contribution in [3.8, 4) is 0 Å². The monoisotopic (exact) mass is 211 g/mol. The smallest absolute Gasteiger partial charge is 0.0343 e. The van der Waals surface area contributed by atoms with Gasteiger partial charge in [0.1, 0.15) is 0 Å². The summed E-state index contributed by atoms with van der Waals surface area (Å²) in [6, 6.07) is 1.45. The molecule has 0 bridgehead atoms. The summed E-state index contributed by atoms with van der Waals surface area (Å²) in [4.78, 5) is 5.11. The van der Waals surface area contributed by atoms with Crippen molar-refractivity contribution in [1.29, 1.82) is 0 Å². The van der Waals surface area contributed by atoms with Crippen molar-refractivity contribution in [2.75, 3.05) is 33.2 Å². The van der Waals surface area contributed by atoms with Gasteiger partial charge in [-0.1, -0.05) is 19.3 Å². The van der Waals surface area contributed by atoms with Crippen LogP contribution in [-0.4, -0.2) is 55.1 Å². The van der Waals surface area contributed by atoms with Gasteiger partial charge in [-0.2, -0.15) is 0 Å². The highest BCUT2D eigenvalue weighted by Crippen LogP contribution is 2.24. The van der Waals surface area contributed by atoms with Crippen LogP contribution in [0.15, 0.2) is 0 Å². The van der Waals surface area contributed by atoms with E-state index in [4.69, 9.17) is 5.73 Å². The van der Waals surface area contributed by atoms with E-state index >= 15 is 0 Å². The molecule has 0 aromatic heterocycles. The molecule has 0 spiro atoms. The lowest BCUT2D eigenvalue weighted by Crippen LogP contribution is -2.57. The quantitative estimate of drug-likeness (QED) is 0.736. The van der Waals surface area contributed by atoms with Crippen LogP contribution in [0.5, 0.6) is 0 Å². The second-order valence-electron chi connectivity index (χ2n) is 5.16. The Balaban J connectivity index is 1.87. The maximum atomic E-state index is 5.82. The van der Waals surface area contributed by atoms with Crippen LogP contribution >= 0.6 is 0 Å². The molecule has 1 heterocycles. The minimum absolute atomic E-state index is 0.584. The zero-order valence-corrected chi connectivity index (χ0v) is 9.99. The van der Waals surface area contributed by atoms with Gasteiger partial charge in [-0.15, -0.1) is 0 Å². The molecule has 1 saturated heterocycles. The third-order valence-corrected chi connectivity index (χ3v) is 4.17. The van der Waals surface area contributed by atoms with E-state index in [9.17, 15) is 0 Å². The summed E-state index contributed by atoms with van der Waals surface area (Å²) in [5.74, 6) is 0. The van der Waals surface area contributed by atoms with Crippen LogP contribution < -0.4 is 5.73 Å². The summed E-state index contributed by atoms with van der Waals surface area (Å²) in [6.07, 6.45) is 7.15. The Morgan fingerprint density at radius 1 is 1.13 bits per heavy atom. The van der Waals surface area contributed by atoms with Crippen molar-refractivity contribution >= 4 is 0 Å². The summed E-state index contributed by atoms with van der Waals surface area (Å²) in [5, 5.41) is 0. The van der Waals surface area contributed by atoms with Crippen molar-refractivity contribution in [3.63, 3.8) is 0 Å². The van der Waals surface area contributed by atoms with Crippen LogP contribution in [0.2, 0.25) is 0 Å². The van der Waals surface area contributed by atoms with E-state index in [1.807, 2.05) is 0 Å². The van der Waals surface area contributed by atoms with Gasteiger partial charge < -0.3 is 5.73 Å². The van der Waals surface area contributed by atoms with Crippen molar-refractivity contribution < 1.29 is 0 Å². The largest absolute Gasteiger partial charge is 0.329 e. The van der Waals surface area contributed by atoms with E-state index < -0.39 is 0 Å². The first-order valence-corrected chi connectivity index (χ1v) is 6.45. The molecule has 2 fully saturated rings. The van der Waals surface area contributed by atoms with E-state index in [0.717, 1.165) is 12.6 Å². The average molecular weight is 211 g/mol. The average Bonchev–Trinajstić information content (AvgIpc) is 2.31. The number of hydrogen-bond acceptors (Lipinski definition) is 3. The Labute approximate surface area is 93.6 Å². The van der Waals surface area contributed by atoms with Gasteiger partial charge in [-0.3, -0.25) is 9.80 Å². The standard InChI is InChI=1S/C12H25N3/c1-14-7-8-15(10-12(14)9-13)11-5-3-2-4-6-11/h11-12H,2-10,13H2,1H3. The molecule has 88 valence electrons. The first kappa shape index (κ1) is 11.4. The molecular weight excluding hydrogens is 186 g/mol. The second kappa shape index (κ2) is 5.28. The zero-order valence-electron chi connectivity index (χ0n) is 9.99. The maximum absolute atomic E-state index is 5.82. The van der Waals surface area contributed by atoms with Gasteiger partial charge in [0.15, 0.2) is 0 Å². The first-order chi connectivity index (χ1) is 7.31. The number of nitrogens with two attached hydrogens (primary N) is 1. The lowest BCUT2D eigenvalue weighted by atomic mass is 9.93. The number of hydrogen-bond donors (Lipinski definition) is 1. The normalized spacial score (nSPS) is 32.0. The molecule has 1 aliphatic heterocycles. The Hall–Kier alpha value is -0.120. The van der Waals surface area contributed by atoms with E-state index in [1.165, 1.54) is 51.7 Å². The van der Waals surface area contributed by atoms with E-state index in [0.29, 0.717) is 6.04 Å². The highest BCUT2D eigenvalue weighted by Gasteiger charge is 2.28. The molecule has 15 heavy (non-hydrogen) atoms. The lowest BCUT2D eigenvalue weighted by molar-refractivity contribution is 0.0540. The third-order valence-electron chi connectivity index (χ3n) is 4.17. The van der Waals surface area contributed by atoms with E-state index in [1.54, 1.807) is 0 Å². The minimum atomic E-state index is 0.584. The van der Waals surface area contributed by atoms with Crippen LogP contribution in [-0.2, 0) is 0 Å². The van der Waals surface area contributed by atoms with E-state index in [2.05, 4.69) is 16.8 Å². The minimum Gasteiger partial charge on any atom is -0.329 e. The lowest BCUT2D eigenvalue weighted by Gasteiger charge is -2.43. The molecule has 1 atom stereocenters. The molecule has 1 aliphatic carbocycles. The molecule has 2 rings (SSSR count).